The Bertz CT molecular complexity index is 854. The van der Waals surface area contributed by atoms with Crippen LogP contribution in [0.5, 0.6) is 0 Å². The normalized spacial score (nSPS) is 16.0. The molecule has 0 bridgehead atoms. The Hall–Kier alpha value is -2.31. The van der Waals surface area contributed by atoms with Crippen LogP contribution in [0.15, 0.2) is 17.1 Å². The monoisotopic (exact) mass is 325 g/mol. The van der Waals surface area contributed by atoms with Gasteiger partial charge in [0, 0.05) is 12.2 Å². The van der Waals surface area contributed by atoms with Gasteiger partial charge in [-0.2, -0.15) is 0 Å². The molecule has 2 aromatic rings. The second-order valence-corrected chi connectivity index (χ2v) is 5.76. The van der Waals surface area contributed by atoms with Crippen molar-refractivity contribution in [2.24, 2.45) is 0 Å². The van der Waals surface area contributed by atoms with Gasteiger partial charge in [-0.1, -0.05) is 19.3 Å². The lowest BCUT2D eigenvalue weighted by molar-refractivity contribution is 0.0694. The quantitative estimate of drug-likeness (QED) is 0.858. The molecule has 1 fully saturated rings. The molecule has 23 heavy (non-hydrogen) atoms. The highest BCUT2D eigenvalue weighted by Crippen LogP contribution is 2.32. The van der Waals surface area contributed by atoms with E-state index in [4.69, 9.17) is 5.11 Å². The third-order valence-corrected chi connectivity index (χ3v) is 4.35. The Balaban J connectivity index is 2.40. The maximum absolute atomic E-state index is 14.3. The number of hydrogen-bond acceptors (Lipinski definition) is 2. The minimum absolute atomic E-state index is 0.246. The smallest absolute Gasteiger partial charge is 0.341 e. The first-order valence-electron chi connectivity index (χ1n) is 7.37. The van der Waals surface area contributed by atoms with E-state index in [0.29, 0.717) is 18.9 Å². The average Bonchev–Trinajstić information content (AvgIpc) is 2.54. The van der Waals surface area contributed by atoms with Crippen molar-refractivity contribution in [1.82, 2.24) is 4.57 Å². The highest BCUT2D eigenvalue weighted by molar-refractivity contribution is 5.92. The van der Waals surface area contributed by atoms with Crippen LogP contribution >= 0.6 is 0 Å². The Labute approximate surface area is 129 Å². The number of fused-ring (bicyclic) bond motifs is 1. The second-order valence-electron chi connectivity index (χ2n) is 5.76. The Morgan fingerprint density at radius 3 is 2.39 bits per heavy atom. The van der Waals surface area contributed by atoms with Gasteiger partial charge in [-0.3, -0.25) is 4.79 Å². The molecule has 0 unspecified atom stereocenters. The number of pyridine rings is 1. The minimum atomic E-state index is -1.66. The van der Waals surface area contributed by atoms with Crippen LogP contribution in [0, 0.1) is 17.5 Å². The topological polar surface area (TPSA) is 59.3 Å². The zero-order valence-electron chi connectivity index (χ0n) is 12.1. The molecular formula is C16H14F3NO3. The van der Waals surface area contributed by atoms with Crippen molar-refractivity contribution in [3.8, 4) is 0 Å². The Kier molecular flexibility index (Phi) is 3.87. The number of carboxylic acids is 1. The number of aromatic carboxylic acids is 1. The molecule has 122 valence electrons. The zero-order chi connectivity index (χ0) is 16.7. The number of carbonyl (C=O) groups is 1. The fourth-order valence-electron chi connectivity index (χ4n) is 3.22. The number of halogens is 3. The van der Waals surface area contributed by atoms with Crippen molar-refractivity contribution in [1.29, 1.82) is 0 Å². The van der Waals surface area contributed by atoms with Crippen molar-refractivity contribution < 1.29 is 23.1 Å². The molecule has 1 heterocycles. The molecule has 3 rings (SSSR count). The van der Waals surface area contributed by atoms with Crippen LogP contribution in [-0.2, 0) is 0 Å². The lowest BCUT2D eigenvalue weighted by Crippen LogP contribution is -2.23. The van der Waals surface area contributed by atoms with Crippen molar-refractivity contribution in [2.45, 2.75) is 38.1 Å². The van der Waals surface area contributed by atoms with Gasteiger partial charge >= 0.3 is 5.97 Å². The number of benzene rings is 1. The van der Waals surface area contributed by atoms with Gasteiger partial charge in [0.25, 0.3) is 0 Å². The van der Waals surface area contributed by atoms with Gasteiger partial charge in [-0.25, -0.2) is 18.0 Å². The van der Waals surface area contributed by atoms with E-state index in [1.165, 1.54) is 4.57 Å². The van der Waals surface area contributed by atoms with E-state index in [2.05, 4.69) is 0 Å². The summed E-state index contributed by atoms with van der Waals surface area (Å²) in [6.45, 7) is 0. The van der Waals surface area contributed by atoms with E-state index in [0.717, 1.165) is 25.5 Å². The first kappa shape index (κ1) is 15.6. The summed E-state index contributed by atoms with van der Waals surface area (Å²) in [6.07, 6.45) is 5.11. The van der Waals surface area contributed by atoms with Gasteiger partial charge in [-0.15, -0.1) is 0 Å². The van der Waals surface area contributed by atoms with Crippen molar-refractivity contribution in [3.05, 3.63) is 45.5 Å². The molecule has 1 aliphatic carbocycles. The predicted molar refractivity (Wildman–Crippen MR) is 77.2 cm³/mol. The summed E-state index contributed by atoms with van der Waals surface area (Å²) >= 11 is 0. The molecule has 1 aromatic carbocycles. The van der Waals surface area contributed by atoms with Crippen molar-refractivity contribution in [3.63, 3.8) is 0 Å². The largest absolute Gasteiger partial charge is 0.477 e. The summed E-state index contributed by atoms with van der Waals surface area (Å²) in [5.74, 6) is -6.11. The highest BCUT2D eigenvalue weighted by atomic mass is 19.2. The number of nitrogens with zero attached hydrogens (tertiary/aromatic N) is 1. The molecule has 0 saturated heterocycles. The Morgan fingerprint density at radius 2 is 1.78 bits per heavy atom. The summed E-state index contributed by atoms with van der Waals surface area (Å²) in [5, 5.41) is 8.71. The van der Waals surface area contributed by atoms with Crippen LogP contribution in [0.3, 0.4) is 0 Å². The summed E-state index contributed by atoms with van der Waals surface area (Å²) in [6, 6.07) is 0.325. The summed E-state index contributed by atoms with van der Waals surface area (Å²) in [7, 11) is 0. The van der Waals surface area contributed by atoms with E-state index >= 15 is 0 Å². The molecule has 0 atom stereocenters. The number of carboxylic acid groups (broad SMARTS) is 1. The average molecular weight is 325 g/mol. The molecule has 4 nitrogen and oxygen atoms in total. The maximum atomic E-state index is 14.3. The summed E-state index contributed by atoms with van der Waals surface area (Å²) < 4.78 is 42.7. The standard InChI is InChI=1S/C16H14F3NO3/c17-11-6-9-14(13(19)12(11)18)20(8-4-2-1-3-5-8)7-10(15(9)21)16(22)23/h6-8H,1-5H2,(H,22,23). The van der Waals surface area contributed by atoms with Gasteiger partial charge in [0.05, 0.1) is 10.9 Å². The zero-order valence-corrected chi connectivity index (χ0v) is 12.1. The SMILES string of the molecule is O=C(O)c1cn(C2CCCCC2)c2c(F)c(F)c(F)cc2c1=O. The molecule has 0 amide bonds. The molecule has 0 radical (unpaired) electrons. The number of rotatable bonds is 2. The first-order chi connectivity index (χ1) is 10.9. The molecule has 1 aromatic heterocycles. The molecule has 0 spiro atoms. The second kappa shape index (κ2) is 5.72. The van der Waals surface area contributed by atoms with E-state index in [-0.39, 0.29) is 11.6 Å². The molecule has 7 heteroatoms. The molecule has 0 aliphatic heterocycles. The third-order valence-electron chi connectivity index (χ3n) is 4.35. The summed E-state index contributed by atoms with van der Waals surface area (Å²) in [4.78, 5) is 23.4. The van der Waals surface area contributed by atoms with Gasteiger partial charge in [0.15, 0.2) is 17.5 Å². The maximum Gasteiger partial charge on any atom is 0.341 e. The van der Waals surface area contributed by atoms with Crippen LogP contribution in [0.25, 0.3) is 10.9 Å². The highest BCUT2D eigenvalue weighted by Gasteiger charge is 2.25. The van der Waals surface area contributed by atoms with Gasteiger partial charge < -0.3 is 9.67 Å². The number of hydrogen-bond donors (Lipinski definition) is 1. The fraction of sp³-hybridized carbons (Fsp3) is 0.375. The Morgan fingerprint density at radius 1 is 1.13 bits per heavy atom. The van der Waals surface area contributed by atoms with E-state index in [1.807, 2.05) is 0 Å². The van der Waals surface area contributed by atoms with Crippen molar-refractivity contribution in [2.75, 3.05) is 0 Å². The van der Waals surface area contributed by atoms with Crippen LogP contribution in [0.1, 0.15) is 48.5 Å². The lowest BCUT2D eigenvalue weighted by atomic mass is 9.94. The van der Waals surface area contributed by atoms with Crippen LogP contribution in [-0.4, -0.2) is 15.6 Å². The molecule has 1 aliphatic rings. The molecule has 1 N–H and O–H groups in total. The van der Waals surface area contributed by atoms with E-state index in [1.54, 1.807) is 0 Å². The first-order valence-corrected chi connectivity index (χ1v) is 7.37. The third kappa shape index (κ3) is 2.50. The predicted octanol–water partition coefficient (Wildman–Crippen LogP) is 3.62. The van der Waals surface area contributed by atoms with Crippen molar-refractivity contribution >= 4 is 16.9 Å². The van der Waals surface area contributed by atoms with E-state index < -0.39 is 39.8 Å². The van der Waals surface area contributed by atoms with Crippen LogP contribution < -0.4 is 5.43 Å². The van der Waals surface area contributed by atoms with Gasteiger partial charge in [0.1, 0.15) is 5.56 Å². The molecule has 1 saturated carbocycles. The van der Waals surface area contributed by atoms with E-state index in [9.17, 15) is 22.8 Å². The summed E-state index contributed by atoms with van der Waals surface area (Å²) in [5.41, 5.74) is -1.96. The minimum Gasteiger partial charge on any atom is -0.477 e. The molecular weight excluding hydrogens is 311 g/mol. The lowest BCUT2D eigenvalue weighted by Gasteiger charge is -2.26. The fourth-order valence-corrected chi connectivity index (χ4v) is 3.22. The van der Waals surface area contributed by atoms with Crippen LogP contribution in [0.4, 0.5) is 13.2 Å². The van der Waals surface area contributed by atoms with Gasteiger partial charge in [0.2, 0.25) is 5.43 Å². The number of aromatic nitrogens is 1. The van der Waals surface area contributed by atoms with Gasteiger partial charge in [-0.05, 0) is 18.9 Å². The van der Waals surface area contributed by atoms with Crippen LogP contribution in [0.2, 0.25) is 0 Å².